The second-order valence-corrected chi connectivity index (χ2v) is 8.14. The lowest BCUT2D eigenvalue weighted by Crippen LogP contribution is -2.51. The van der Waals surface area contributed by atoms with Gasteiger partial charge in [0.05, 0.1) is 12.7 Å². The van der Waals surface area contributed by atoms with Crippen molar-refractivity contribution in [3.8, 4) is 17.2 Å². The van der Waals surface area contributed by atoms with Crippen molar-refractivity contribution in [3.05, 3.63) is 77.9 Å². The molecular formula is C26H26N4O3. The molecule has 1 saturated heterocycles. The average Bonchev–Trinajstić information content (AvgIpc) is 3.01. The summed E-state index contributed by atoms with van der Waals surface area (Å²) in [5.74, 6) is 3.19. The Hall–Kier alpha value is -4.00. The van der Waals surface area contributed by atoms with Crippen LogP contribution in [0.4, 0.5) is 16.2 Å². The molecule has 0 saturated carbocycles. The van der Waals surface area contributed by atoms with Crippen molar-refractivity contribution in [2.24, 2.45) is 4.99 Å². The Morgan fingerprint density at radius 2 is 1.73 bits per heavy atom. The van der Waals surface area contributed by atoms with Crippen LogP contribution < -0.4 is 14.8 Å². The van der Waals surface area contributed by atoms with Crippen molar-refractivity contribution < 1.29 is 14.3 Å². The minimum Gasteiger partial charge on any atom is -0.497 e. The molecule has 0 unspecified atom stereocenters. The Labute approximate surface area is 193 Å². The van der Waals surface area contributed by atoms with Crippen LogP contribution in [-0.2, 0) is 0 Å². The number of urea groups is 1. The highest BCUT2D eigenvalue weighted by atomic mass is 16.5. The van der Waals surface area contributed by atoms with E-state index >= 15 is 0 Å². The summed E-state index contributed by atoms with van der Waals surface area (Å²) in [5, 5.41) is 2.96. The summed E-state index contributed by atoms with van der Waals surface area (Å²) < 4.78 is 11.4. The van der Waals surface area contributed by atoms with Crippen molar-refractivity contribution in [3.63, 3.8) is 0 Å². The van der Waals surface area contributed by atoms with Crippen LogP contribution in [0.5, 0.6) is 17.2 Å². The molecular weight excluding hydrogens is 416 g/mol. The fraction of sp³-hybridized carbons (Fsp3) is 0.231. The second kappa shape index (κ2) is 8.86. The topological polar surface area (TPSA) is 66.4 Å². The van der Waals surface area contributed by atoms with E-state index < -0.39 is 0 Å². The average molecular weight is 443 g/mol. The van der Waals surface area contributed by atoms with E-state index in [0.29, 0.717) is 26.2 Å². The van der Waals surface area contributed by atoms with Gasteiger partial charge in [-0.1, -0.05) is 18.2 Å². The third-order valence-electron chi connectivity index (χ3n) is 5.90. The van der Waals surface area contributed by atoms with Gasteiger partial charge in [-0.3, -0.25) is 0 Å². The summed E-state index contributed by atoms with van der Waals surface area (Å²) in [4.78, 5) is 21.8. The van der Waals surface area contributed by atoms with E-state index in [1.165, 1.54) is 0 Å². The lowest BCUT2D eigenvalue weighted by Gasteiger charge is -2.36. The summed E-state index contributed by atoms with van der Waals surface area (Å²) in [7, 11) is 1.62. The van der Waals surface area contributed by atoms with Gasteiger partial charge in [-0.25, -0.2) is 9.79 Å². The number of fused-ring (bicyclic) bond motifs is 2. The standard InChI is InChI=1S/C26H26N4O3/c1-18-7-12-22-24(17-18)33-23-6-4-3-5-21(23)25(28-22)29-13-15-30(16-14-29)26(31)27-19-8-10-20(32-2)11-9-19/h3-12,17H,13-16H2,1-2H3,(H,27,31). The number of piperazine rings is 1. The molecule has 33 heavy (non-hydrogen) atoms. The number of benzene rings is 3. The number of carbonyl (C=O) groups excluding carboxylic acids is 1. The number of rotatable bonds is 2. The van der Waals surface area contributed by atoms with Crippen LogP contribution in [0.25, 0.3) is 0 Å². The van der Waals surface area contributed by atoms with E-state index in [1.54, 1.807) is 7.11 Å². The Morgan fingerprint density at radius 1 is 0.970 bits per heavy atom. The van der Waals surface area contributed by atoms with Gasteiger partial charge in [0, 0.05) is 31.9 Å². The zero-order valence-electron chi connectivity index (χ0n) is 18.7. The number of carbonyl (C=O) groups is 1. The molecule has 2 aliphatic rings. The molecule has 3 aromatic rings. The van der Waals surface area contributed by atoms with Crippen LogP contribution >= 0.6 is 0 Å². The lowest BCUT2D eigenvalue weighted by atomic mass is 10.1. The predicted octanol–water partition coefficient (Wildman–Crippen LogP) is 5.04. The Morgan fingerprint density at radius 3 is 2.48 bits per heavy atom. The van der Waals surface area contributed by atoms with Gasteiger partial charge < -0.3 is 24.6 Å². The van der Waals surface area contributed by atoms with E-state index in [-0.39, 0.29) is 6.03 Å². The highest BCUT2D eigenvalue weighted by Crippen LogP contribution is 2.38. The molecule has 3 aromatic carbocycles. The molecule has 7 heteroatoms. The smallest absolute Gasteiger partial charge is 0.321 e. The summed E-state index contributed by atoms with van der Waals surface area (Å²) in [6.45, 7) is 4.62. The minimum absolute atomic E-state index is 0.104. The van der Waals surface area contributed by atoms with Crippen LogP contribution in [0, 0.1) is 6.92 Å². The molecule has 2 aliphatic heterocycles. The van der Waals surface area contributed by atoms with E-state index in [4.69, 9.17) is 14.5 Å². The molecule has 2 amide bonds. The maximum absolute atomic E-state index is 12.8. The zero-order valence-corrected chi connectivity index (χ0v) is 18.7. The van der Waals surface area contributed by atoms with Gasteiger partial charge in [0.15, 0.2) is 5.75 Å². The molecule has 1 fully saturated rings. The number of aliphatic imine (C=N–C) groups is 1. The normalized spacial score (nSPS) is 14.9. The lowest BCUT2D eigenvalue weighted by molar-refractivity contribution is 0.181. The monoisotopic (exact) mass is 442 g/mol. The number of aryl methyl sites for hydroxylation is 1. The van der Waals surface area contributed by atoms with Crippen LogP contribution in [0.3, 0.4) is 0 Å². The summed E-state index contributed by atoms with van der Waals surface area (Å²) in [6, 6.07) is 21.3. The van der Waals surface area contributed by atoms with Gasteiger partial charge >= 0.3 is 6.03 Å². The first-order valence-corrected chi connectivity index (χ1v) is 11.0. The van der Waals surface area contributed by atoms with Gasteiger partial charge in [0.1, 0.15) is 23.0 Å². The molecule has 0 spiro atoms. The van der Waals surface area contributed by atoms with Crippen LogP contribution in [0.1, 0.15) is 11.1 Å². The molecule has 2 heterocycles. The number of para-hydroxylation sites is 1. The van der Waals surface area contributed by atoms with E-state index in [0.717, 1.165) is 45.6 Å². The maximum Gasteiger partial charge on any atom is 0.321 e. The largest absolute Gasteiger partial charge is 0.497 e. The summed E-state index contributed by atoms with van der Waals surface area (Å²) in [5.41, 5.74) is 3.64. The highest BCUT2D eigenvalue weighted by Gasteiger charge is 2.27. The Balaban J connectivity index is 1.32. The molecule has 168 valence electrons. The molecule has 0 aromatic heterocycles. The van der Waals surface area contributed by atoms with E-state index in [9.17, 15) is 4.79 Å². The summed E-state index contributed by atoms with van der Waals surface area (Å²) >= 11 is 0. The third kappa shape index (κ3) is 4.35. The molecule has 0 bridgehead atoms. The van der Waals surface area contributed by atoms with Gasteiger partial charge in [0.2, 0.25) is 0 Å². The number of hydrogen-bond acceptors (Lipinski definition) is 5. The fourth-order valence-electron chi connectivity index (χ4n) is 4.07. The minimum atomic E-state index is -0.104. The number of anilines is 1. The summed E-state index contributed by atoms with van der Waals surface area (Å²) in [6.07, 6.45) is 0. The van der Waals surface area contributed by atoms with Crippen molar-refractivity contribution >= 4 is 23.2 Å². The van der Waals surface area contributed by atoms with Crippen LogP contribution in [0.2, 0.25) is 0 Å². The number of nitrogens with zero attached hydrogens (tertiary/aromatic N) is 3. The molecule has 5 rings (SSSR count). The predicted molar refractivity (Wildman–Crippen MR) is 129 cm³/mol. The van der Waals surface area contributed by atoms with E-state index in [1.807, 2.05) is 78.6 Å². The fourth-order valence-corrected chi connectivity index (χ4v) is 4.07. The van der Waals surface area contributed by atoms with Gasteiger partial charge in [0.25, 0.3) is 0 Å². The molecule has 1 N–H and O–H groups in total. The zero-order chi connectivity index (χ0) is 22.8. The first kappa shape index (κ1) is 20.9. The maximum atomic E-state index is 12.8. The van der Waals surface area contributed by atoms with Gasteiger partial charge in [-0.2, -0.15) is 0 Å². The quantitative estimate of drug-likeness (QED) is 0.604. The molecule has 0 aliphatic carbocycles. The number of nitrogens with one attached hydrogen (secondary N) is 1. The first-order chi connectivity index (χ1) is 16.1. The van der Waals surface area contributed by atoms with Crippen molar-refractivity contribution in [1.82, 2.24) is 9.80 Å². The number of ether oxygens (including phenoxy) is 2. The van der Waals surface area contributed by atoms with Crippen molar-refractivity contribution in [2.45, 2.75) is 6.92 Å². The number of amidine groups is 1. The van der Waals surface area contributed by atoms with Crippen LogP contribution in [0.15, 0.2) is 71.7 Å². The first-order valence-electron chi connectivity index (χ1n) is 11.0. The SMILES string of the molecule is COc1ccc(NC(=O)N2CCN(C3=Nc4ccc(C)cc4Oc4ccccc43)CC2)cc1. The third-order valence-corrected chi connectivity index (χ3v) is 5.90. The molecule has 0 radical (unpaired) electrons. The number of methoxy groups -OCH3 is 1. The van der Waals surface area contributed by atoms with Crippen LogP contribution in [-0.4, -0.2) is 55.0 Å². The molecule has 7 nitrogen and oxygen atoms in total. The Bertz CT molecular complexity index is 1200. The number of amides is 2. The highest BCUT2D eigenvalue weighted by molar-refractivity contribution is 6.04. The number of hydrogen-bond donors (Lipinski definition) is 1. The van der Waals surface area contributed by atoms with Gasteiger partial charge in [-0.15, -0.1) is 0 Å². The second-order valence-electron chi connectivity index (χ2n) is 8.14. The van der Waals surface area contributed by atoms with Crippen molar-refractivity contribution in [1.29, 1.82) is 0 Å². The molecule has 0 atom stereocenters. The Kier molecular flexibility index (Phi) is 5.60. The van der Waals surface area contributed by atoms with Crippen molar-refractivity contribution in [2.75, 3.05) is 38.6 Å². The van der Waals surface area contributed by atoms with Gasteiger partial charge in [-0.05, 0) is 61.0 Å². The van der Waals surface area contributed by atoms with E-state index in [2.05, 4.69) is 10.2 Å².